The average Bonchev–Trinajstić information content (AvgIpc) is 2.59. The molecule has 0 aromatic heterocycles. The van der Waals surface area contributed by atoms with Crippen molar-refractivity contribution in [2.45, 2.75) is 25.7 Å². The minimum Gasteiger partial charge on any atom is -0.458 e. The lowest BCUT2D eigenvalue weighted by atomic mass is 10.0. The molecule has 1 heterocycles. The van der Waals surface area contributed by atoms with Gasteiger partial charge in [0.15, 0.2) is 6.04 Å². The number of amides is 1. The molecule has 1 aliphatic rings. The molecule has 0 unspecified atom stereocenters. The van der Waals surface area contributed by atoms with Gasteiger partial charge in [0.2, 0.25) is 0 Å². The summed E-state index contributed by atoms with van der Waals surface area (Å²) in [5.41, 5.74) is 3.04. The van der Waals surface area contributed by atoms with E-state index in [4.69, 9.17) is 9.47 Å². The van der Waals surface area contributed by atoms with Gasteiger partial charge in [-0.25, -0.2) is 9.59 Å². The van der Waals surface area contributed by atoms with Gasteiger partial charge < -0.3 is 14.8 Å². The molecule has 2 aromatic carbocycles. The van der Waals surface area contributed by atoms with Crippen molar-refractivity contribution >= 4 is 12.1 Å². The van der Waals surface area contributed by atoms with Crippen molar-refractivity contribution < 1.29 is 19.1 Å². The fraction of sp³-hybridized carbons (Fsp3) is 0.222. The van der Waals surface area contributed by atoms with Gasteiger partial charge in [-0.1, -0.05) is 48.5 Å². The van der Waals surface area contributed by atoms with Crippen molar-refractivity contribution in [3.8, 4) is 11.1 Å². The first-order valence-corrected chi connectivity index (χ1v) is 7.41. The van der Waals surface area contributed by atoms with Crippen LogP contribution in [-0.4, -0.2) is 24.2 Å². The Balaban J connectivity index is 1.58. The Kier molecular flexibility index (Phi) is 4.28. The van der Waals surface area contributed by atoms with Crippen molar-refractivity contribution in [2.75, 3.05) is 0 Å². The zero-order chi connectivity index (χ0) is 16.2. The molecule has 0 aliphatic carbocycles. The van der Waals surface area contributed by atoms with Crippen LogP contribution in [0.2, 0.25) is 0 Å². The van der Waals surface area contributed by atoms with Crippen LogP contribution in [0.3, 0.4) is 0 Å². The van der Waals surface area contributed by atoms with Crippen LogP contribution >= 0.6 is 0 Å². The summed E-state index contributed by atoms with van der Waals surface area (Å²) in [7, 11) is 0. The molecule has 1 aliphatic heterocycles. The number of rotatable bonds is 4. The van der Waals surface area contributed by atoms with Crippen LogP contribution in [0, 0.1) is 0 Å². The largest absolute Gasteiger partial charge is 0.458 e. The van der Waals surface area contributed by atoms with Gasteiger partial charge >= 0.3 is 12.1 Å². The van der Waals surface area contributed by atoms with Crippen molar-refractivity contribution in [3.63, 3.8) is 0 Å². The Morgan fingerprint density at radius 3 is 2.57 bits per heavy atom. The zero-order valence-corrected chi connectivity index (χ0v) is 12.7. The Morgan fingerprint density at radius 2 is 1.87 bits per heavy atom. The van der Waals surface area contributed by atoms with E-state index in [1.54, 1.807) is 6.92 Å². The number of nitrogens with one attached hydrogen (secondary N) is 1. The molecule has 0 bridgehead atoms. The highest BCUT2D eigenvalue weighted by atomic mass is 16.6. The highest BCUT2D eigenvalue weighted by molar-refractivity contribution is 5.86. The number of carbonyl (C=O) groups is 2. The summed E-state index contributed by atoms with van der Waals surface area (Å²) in [5, 5.41) is 2.50. The lowest BCUT2D eigenvalue weighted by Crippen LogP contribution is -2.58. The fourth-order valence-corrected chi connectivity index (χ4v) is 2.41. The van der Waals surface area contributed by atoms with Crippen LogP contribution in [0.1, 0.15) is 12.5 Å². The predicted molar refractivity (Wildman–Crippen MR) is 84.5 cm³/mol. The molecule has 1 amide bonds. The summed E-state index contributed by atoms with van der Waals surface area (Å²) in [5.74, 6) is -0.430. The van der Waals surface area contributed by atoms with E-state index >= 15 is 0 Å². The van der Waals surface area contributed by atoms with Gasteiger partial charge in [0.05, 0.1) is 0 Å². The van der Waals surface area contributed by atoms with Gasteiger partial charge in [-0.05, 0) is 29.7 Å². The summed E-state index contributed by atoms with van der Waals surface area (Å²) in [4.78, 5) is 22.9. The highest BCUT2D eigenvalue weighted by Gasteiger charge is 2.40. The number of carbonyl (C=O) groups excluding carboxylic acids is 2. The van der Waals surface area contributed by atoms with Crippen molar-refractivity contribution in [2.24, 2.45) is 0 Å². The minimum absolute atomic E-state index is 0.142. The maximum atomic E-state index is 11.7. The molecular formula is C18H17NO4. The van der Waals surface area contributed by atoms with E-state index in [1.807, 2.05) is 54.6 Å². The summed E-state index contributed by atoms with van der Waals surface area (Å²) >= 11 is 0. The smallest absolute Gasteiger partial charge is 0.408 e. The van der Waals surface area contributed by atoms with Crippen molar-refractivity contribution in [1.82, 2.24) is 5.32 Å². The summed E-state index contributed by atoms with van der Waals surface area (Å²) in [6, 6.07) is 17.1. The lowest BCUT2D eigenvalue weighted by Gasteiger charge is -2.32. The van der Waals surface area contributed by atoms with E-state index in [0.717, 1.165) is 16.7 Å². The third-order valence-corrected chi connectivity index (χ3v) is 3.70. The van der Waals surface area contributed by atoms with E-state index in [-0.39, 0.29) is 12.7 Å². The van der Waals surface area contributed by atoms with E-state index < -0.39 is 18.1 Å². The topological polar surface area (TPSA) is 64.6 Å². The van der Waals surface area contributed by atoms with Gasteiger partial charge in [-0.2, -0.15) is 0 Å². The highest BCUT2D eigenvalue weighted by Crippen LogP contribution is 2.20. The molecule has 1 fully saturated rings. The van der Waals surface area contributed by atoms with E-state index in [1.165, 1.54) is 0 Å². The van der Waals surface area contributed by atoms with Crippen LogP contribution in [0.15, 0.2) is 54.6 Å². The molecule has 2 atom stereocenters. The second kappa shape index (κ2) is 6.52. The van der Waals surface area contributed by atoms with Crippen LogP contribution < -0.4 is 5.32 Å². The maximum Gasteiger partial charge on any atom is 0.408 e. The molecule has 5 nitrogen and oxygen atoms in total. The second-order valence-electron chi connectivity index (χ2n) is 5.41. The molecule has 0 radical (unpaired) electrons. The Bertz CT molecular complexity index is 714. The fourth-order valence-electron chi connectivity index (χ4n) is 2.41. The molecule has 2 aromatic rings. The van der Waals surface area contributed by atoms with Crippen LogP contribution in [0.5, 0.6) is 0 Å². The van der Waals surface area contributed by atoms with Crippen molar-refractivity contribution in [1.29, 1.82) is 0 Å². The standard InChI is InChI=1S/C18H17NO4/c1-12-16(17(20)23-12)19-18(21)22-11-13-6-5-9-15(10-13)14-7-3-2-4-8-14/h2-10,12,16H,11H2,1H3,(H,19,21)/t12-,16+/m0/s1. The van der Waals surface area contributed by atoms with Gasteiger partial charge in [0.1, 0.15) is 12.7 Å². The molecule has 1 saturated heterocycles. The lowest BCUT2D eigenvalue weighted by molar-refractivity contribution is -0.174. The Labute approximate surface area is 134 Å². The minimum atomic E-state index is -0.622. The van der Waals surface area contributed by atoms with Crippen LogP contribution in [0.25, 0.3) is 11.1 Å². The maximum absolute atomic E-state index is 11.7. The number of hydrogen-bond donors (Lipinski definition) is 1. The molecule has 5 heteroatoms. The summed E-state index contributed by atoms with van der Waals surface area (Å²) < 4.78 is 9.93. The van der Waals surface area contributed by atoms with Crippen LogP contribution in [0.4, 0.5) is 4.79 Å². The van der Waals surface area contributed by atoms with Gasteiger partial charge in [-0.3, -0.25) is 0 Å². The molecule has 118 valence electrons. The number of ether oxygens (including phenoxy) is 2. The molecule has 0 spiro atoms. The van der Waals surface area contributed by atoms with Crippen LogP contribution in [-0.2, 0) is 20.9 Å². The molecular weight excluding hydrogens is 294 g/mol. The normalized spacial score (nSPS) is 19.4. The number of cyclic esters (lactones) is 1. The first kappa shape index (κ1) is 15.1. The second-order valence-corrected chi connectivity index (χ2v) is 5.41. The summed E-state index contributed by atoms with van der Waals surface area (Å²) in [6.45, 7) is 1.86. The molecule has 23 heavy (non-hydrogen) atoms. The molecule has 1 N–H and O–H groups in total. The Morgan fingerprint density at radius 1 is 1.13 bits per heavy atom. The van der Waals surface area contributed by atoms with Gasteiger partial charge in [0.25, 0.3) is 0 Å². The summed E-state index contributed by atoms with van der Waals surface area (Å²) in [6.07, 6.45) is -0.930. The number of benzene rings is 2. The predicted octanol–water partition coefficient (Wildman–Crippen LogP) is 2.89. The van der Waals surface area contributed by atoms with Crippen molar-refractivity contribution in [3.05, 3.63) is 60.2 Å². The monoisotopic (exact) mass is 311 g/mol. The molecule has 0 saturated carbocycles. The van der Waals surface area contributed by atoms with E-state index in [9.17, 15) is 9.59 Å². The van der Waals surface area contributed by atoms with E-state index in [0.29, 0.717) is 0 Å². The first-order chi connectivity index (χ1) is 11.1. The number of esters is 1. The third kappa shape index (κ3) is 3.51. The van der Waals surface area contributed by atoms with Gasteiger partial charge in [0, 0.05) is 0 Å². The number of alkyl carbamates (subject to hydrolysis) is 1. The SMILES string of the molecule is C[C@@H]1OC(=O)[C@@H]1NC(=O)OCc1cccc(-c2ccccc2)c1. The zero-order valence-electron chi connectivity index (χ0n) is 12.7. The van der Waals surface area contributed by atoms with E-state index in [2.05, 4.69) is 5.32 Å². The third-order valence-electron chi connectivity index (χ3n) is 3.70. The number of hydrogen-bond acceptors (Lipinski definition) is 4. The Hall–Kier alpha value is -2.82. The first-order valence-electron chi connectivity index (χ1n) is 7.41. The molecule has 3 rings (SSSR count). The quantitative estimate of drug-likeness (QED) is 0.882. The average molecular weight is 311 g/mol. The van der Waals surface area contributed by atoms with Gasteiger partial charge in [-0.15, -0.1) is 0 Å².